The Labute approximate surface area is 177 Å². The molecule has 2 aliphatic heterocycles. The molecule has 1 fully saturated rings. The van der Waals surface area contributed by atoms with Gasteiger partial charge in [0.1, 0.15) is 17.7 Å². The average Bonchev–Trinajstić information content (AvgIpc) is 3.29. The van der Waals surface area contributed by atoms with Gasteiger partial charge >= 0.3 is 0 Å². The molecule has 0 spiro atoms. The van der Waals surface area contributed by atoms with Gasteiger partial charge in [0.25, 0.3) is 0 Å². The molecule has 0 bridgehead atoms. The van der Waals surface area contributed by atoms with Crippen LogP contribution in [0.4, 0.5) is 0 Å². The van der Waals surface area contributed by atoms with Gasteiger partial charge in [-0.15, -0.1) is 34.2 Å². The third kappa shape index (κ3) is 4.72. The Kier molecular flexibility index (Phi) is 6.92. The summed E-state index contributed by atoms with van der Waals surface area (Å²) in [6.45, 7) is 3.57. The molecule has 7 nitrogen and oxygen atoms in total. The van der Waals surface area contributed by atoms with E-state index in [2.05, 4.69) is 30.0 Å². The zero-order chi connectivity index (χ0) is 17.8. The Bertz CT molecular complexity index is 755. The van der Waals surface area contributed by atoms with Gasteiger partial charge in [-0.25, -0.2) is 0 Å². The number of para-hydroxylation sites is 1. The number of hydrogen-bond donors (Lipinski definition) is 1. The number of piperidine rings is 1. The number of nitrogens with zero attached hydrogens (tertiary/aromatic N) is 5. The largest absolute Gasteiger partial charge is 0.490 e. The van der Waals surface area contributed by atoms with Crippen molar-refractivity contribution in [3.05, 3.63) is 42.0 Å². The number of hydrogen-bond acceptors (Lipinski definition) is 4. The topological polar surface area (TPSA) is 67.6 Å². The predicted octanol–water partition coefficient (Wildman–Crippen LogP) is 2.46. The molecule has 0 aliphatic carbocycles. The van der Waals surface area contributed by atoms with Gasteiger partial charge in [-0.3, -0.25) is 4.99 Å². The van der Waals surface area contributed by atoms with E-state index in [0.29, 0.717) is 6.54 Å². The van der Waals surface area contributed by atoms with Gasteiger partial charge in [-0.2, -0.15) is 0 Å². The van der Waals surface area contributed by atoms with Gasteiger partial charge in [-0.1, -0.05) is 18.2 Å². The minimum Gasteiger partial charge on any atom is -0.490 e. The Morgan fingerprint density at radius 3 is 2.70 bits per heavy atom. The highest BCUT2D eigenvalue weighted by atomic mass is 127. The minimum atomic E-state index is 0. The molecule has 1 N–H and O–H groups in total. The van der Waals surface area contributed by atoms with Crippen LogP contribution in [0, 0.1) is 0 Å². The van der Waals surface area contributed by atoms with Crippen molar-refractivity contribution in [3.63, 3.8) is 0 Å². The molecule has 27 heavy (non-hydrogen) atoms. The number of fused-ring (bicyclic) bond motifs is 1. The maximum Gasteiger partial charge on any atom is 0.194 e. The molecule has 0 amide bonds. The molecule has 1 saturated heterocycles. The van der Waals surface area contributed by atoms with Crippen molar-refractivity contribution in [1.82, 2.24) is 25.0 Å². The molecule has 1 aromatic carbocycles. The summed E-state index contributed by atoms with van der Waals surface area (Å²) >= 11 is 0. The van der Waals surface area contributed by atoms with E-state index >= 15 is 0 Å². The number of halogens is 1. The van der Waals surface area contributed by atoms with Crippen LogP contribution in [0.3, 0.4) is 0 Å². The summed E-state index contributed by atoms with van der Waals surface area (Å²) in [5.41, 5.74) is 0. The second-order valence-corrected chi connectivity index (χ2v) is 6.81. The average molecular weight is 482 g/mol. The lowest BCUT2D eigenvalue weighted by Gasteiger charge is -2.34. The summed E-state index contributed by atoms with van der Waals surface area (Å²) in [6, 6.07) is 10.1. The smallest absolute Gasteiger partial charge is 0.194 e. The van der Waals surface area contributed by atoms with Crippen LogP contribution in [-0.2, 0) is 19.5 Å². The fourth-order valence-electron chi connectivity index (χ4n) is 3.71. The first kappa shape index (κ1) is 19.9. The standard InChI is InChI=1S/C19H26N6O.HI/c1-20-19(21-14-18-23-22-17-8-5-11-25(17)18)24-12-9-16(10-13-24)26-15-6-3-2-4-7-15;/h2-4,6-7,16H,5,8-14H2,1H3,(H,20,21);1H. The number of benzene rings is 1. The highest BCUT2D eigenvalue weighted by molar-refractivity contribution is 14.0. The van der Waals surface area contributed by atoms with Crippen molar-refractivity contribution in [3.8, 4) is 5.75 Å². The molecule has 0 unspecified atom stereocenters. The van der Waals surface area contributed by atoms with Gasteiger partial charge in [-0.05, 0) is 18.6 Å². The van der Waals surface area contributed by atoms with E-state index in [-0.39, 0.29) is 30.1 Å². The van der Waals surface area contributed by atoms with Crippen LogP contribution in [0.5, 0.6) is 5.75 Å². The van der Waals surface area contributed by atoms with Crippen LogP contribution in [0.15, 0.2) is 35.3 Å². The predicted molar refractivity (Wildman–Crippen MR) is 116 cm³/mol. The number of aliphatic imine (C=N–C) groups is 1. The second kappa shape index (κ2) is 9.38. The summed E-state index contributed by atoms with van der Waals surface area (Å²) in [5.74, 6) is 3.99. The number of aromatic nitrogens is 3. The maximum atomic E-state index is 6.08. The Morgan fingerprint density at radius 1 is 1.19 bits per heavy atom. The molecule has 3 heterocycles. The van der Waals surface area contributed by atoms with Gasteiger partial charge in [0.2, 0.25) is 0 Å². The Morgan fingerprint density at radius 2 is 1.96 bits per heavy atom. The quantitative estimate of drug-likeness (QED) is 0.412. The molecular formula is C19H27IN6O. The maximum absolute atomic E-state index is 6.08. The third-order valence-electron chi connectivity index (χ3n) is 5.09. The molecule has 0 radical (unpaired) electrons. The SMILES string of the molecule is CN=C(NCc1nnc2n1CCC2)N1CCC(Oc2ccccc2)CC1.I. The van der Waals surface area contributed by atoms with Crippen LogP contribution >= 0.6 is 24.0 Å². The van der Waals surface area contributed by atoms with Crippen molar-refractivity contribution in [2.45, 2.75) is 44.9 Å². The van der Waals surface area contributed by atoms with E-state index in [4.69, 9.17) is 4.74 Å². The van der Waals surface area contributed by atoms with Crippen LogP contribution in [0.2, 0.25) is 0 Å². The van der Waals surface area contributed by atoms with Gasteiger partial charge in [0.15, 0.2) is 11.8 Å². The highest BCUT2D eigenvalue weighted by Gasteiger charge is 2.23. The minimum absolute atomic E-state index is 0. The molecule has 0 atom stereocenters. The van der Waals surface area contributed by atoms with Crippen LogP contribution in [0.1, 0.15) is 30.9 Å². The van der Waals surface area contributed by atoms with Gasteiger partial charge in [0.05, 0.1) is 6.54 Å². The first-order valence-corrected chi connectivity index (χ1v) is 9.42. The summed E-state index contributed by atoms with van der Waals surface area (Å²) in [6.07, 6.45) is 4.47. The lowest BCUT2D eigenvalue weighted by atomic mass is 10.1. The second-order valence-electron chi connectivity index (χ2n) is 6.81. The molecule has 2 aromatic rings. The molecule has 8 heteroatoms. The fourth-order valence-corrected chi connectivity index (χ4v) is 3.71. The molecule has 2 aliphatic rings. The van der Waals surface area contributed by atoms with Crippen molar-refractivity contribution >= 4 is 29.9 Å². The lowest BCUT2D eigenvalue weighted by molar-refractivity contribution is 0.129. The monoisotopic (exact) mass is 482 g/mol. The molecule has 4 rings (SSSR count). The van der Waals surface area contributed by atoms with E-state index in [1.165, 1.54) is 6.42 Å². The third-order valence-corrected chi connectivity index (χ3v) is 5.09. The number of likely N-dealkylation sites (tertiary alicyclic amines) is 1. The number of nitrogens with one attached hydrogen (secondary N) is 1. The van der Waals surface area contributed by atoms with Crippen molar-refractivity contribution in [2.24, 2.45) is 4.99 Å². The van der Waals surface area contributed by atoms with E-state index in [0.717, 1.165) is 62.3 Å². The zero-order valence-electron chi connectivity index (χ0n) is 15.7. The Balaban J connectivity index is 0.00000210. The van der Waals surface area contributed by atoms with Gasteiger partial charge in [0, 0.05) is 45.9 Å². The number of guanidine groups is 1. The van der Waals surface area contributed by atoms with Gasteiger partial charge < -0.3 is 19.5 Å². The van der Waals surface area contributed by atoms with Crippen molar-refractivity contribution < 1.29 is 4.74 Å². The first-order valence-electron chi connectivity index (χ1n) is 9.42. The lowest BCUT2D eigenvalue weighted by Crippen LogP contribution is -2.47. The fraction of sp³-hybridized carbons (Fsp3) is 0.526. The Hall–Kier alpha value is -1.84. The molecular weight excluding hydrogens is 455 g/mol. The van der Waals surface area contributed by atoms with Crippen molar-refractivity contribution in [2.75, 3.05) is 20.1 Å². The first-order chi connectivity index (χ1) is 12.8. The summed E-state index contributed by atoms with van der Waals surface area (Å²) in [7, 11) is 1.84. The highest BCUT2D eigenvalue weighted by Crippen LogP contribution is 2.19. The summed E-state index contributed by atoms with van der Waals surface area (Å²) < 4.78 is 8.30. The van der Waals surface area contributed by atoms with Crippen LogP contribution < -0.4 is 10.1 Å². The van der Waals surface area contributed by atoms with E-state index in [9.17, 15) is 0 Å². The number of aryl methyl sites for hydroxylation is 1. The molecule has 1 aromatic heterocycles. The van der Waals surface area contributed by atoms with E-state index in [1.54, 1.807) is 0 Å². The van der Waals surface area contributed by atoms with Crippen LogP contribution in [0.25, 0.3) is 0 Å². The van der Waals surface area contributed by atoms with E-state index < -0.39 is 0 Å². The summed E-state index contributed by atoms with van der Waals surface area (Å²) in [4.78, 5) is 6.74. The van der Waals surface area contributed by atoms with Crippen LogP contribution in [-0.4, -0.2) is 51.9 Å². The number of rotatable bonds is 4. The summed E-state index contributed by atoms with van der Waals surface area (Å²) in [5, 5.41) is 12.0. The van der Waals surface area contributed by atoms with E-state index in [1.807, 2.05) is 37.4 Å². The normalized spacial score (nSPS) is 17.4. The van der Waals surface area contributed by atoms with Crippen molar-refractivity contribution in [1.29, 1.82) is 0 Å². The number of ether oxygens (including phenoxy) is 1. The molecule has 0 saturated carbocycles. The molecule has 146 valence electrons. The zero-order valence-corrected chi connectivity index (χ0v) is 18.0.